The second-order valence-corrected chi connectivity index (χ2v) is 7.76. The zero-order valence-corrected chi connectivity index (χ0v) is 14.6. The molecule has 3 aromatic rings. The monoisotopic (exact) mass is 334 g/mol. The van der Waals surface area contributed by atoms with Gasteiger partial charge in [0, 0.05) is 11.5 Å². The van der Waals surface area contributed by atoms with Crippen molar-refractivity contribution in [1.29, 1.82) is 0 Å². The molecule has 1 aliphatic rings. The van der Waals surface area contributed by atoms with Crippen molar-refractivity contribution in [3.8, 4) is 22.3 Å². The molecule has 0 amide bonds. The quantitative estimate of drug-likeness (QED) is 0.424. The van der Waals surface area contributed by atoms with Gasteiger partial charge >= 0.3 is 0 Å². The van der Waals surface area contributed by atoms with Gasteiger partial charge in [0.1, 0.15) is 0 Å². The maximum atomic E-state index is 15.0. The van der Waals surface area contributed by atoms with Crippen molar-refractivity contribution in [2.24, 2.45) is 5.41 Å². The van der Waals surface area contributed by atoms with E-state index in [2.05, 4.69) is 32.9 Å². The fraction of sp³-hybridized carbons (Fsp3) is 0.217. The molecule has 0 N–H and O–H groups in total. The molecule has 0 saturated carbocycles. The average Bonchev–Trinajstić information content (AvgIpc) is 2.70. The highest BCUT2D eigenvalue weighted by molar-refractivity contribution is 5.89. The molecule has 0 bridgehead atoms. The summed E-state index contributed by atoms with van der Waals surface area (Å²) in [6.45, 7) is 6.44. The minimum Gasteiger partial charge on any atom is -0.204 e. The standard InChI is InChI=1S/C23H20F2/c1-23(2,3)21-17-11-7-5-9-15(17)14-8-4-6-10-16(14)20-18(21)12-13-19(24)22(20)25/h4-13,21H,1-3H3. The van der Waals surface area contributed by atoms with Crippen LogP contribution in [0.1, 0.15) is 37.8 Å². The van der Waals surface area contributed by atoms with Crippen LogP contribution >= 0.6 is 0 Å². The summed E-state index contributed by atoms with van der Waals surface area (Å²) in [4.78, 5) is 0. The summed E-state index contributed by atoms with van der Waals surface area (Å²) < 4.78 is 29.1. The summed E-state index contributed by atoms with van der Waals surface area (Å²) in [7, 11) is 0. The minimum atomic E-state index is -0.799. The summed E-state index contributed by atoms with van der Waals surface area (Å²) in [5, 5.41) is 0. The van der Waals surface area contributed by atoms with Gasteiger partial charge < -0.3 is 0 Å². The Morgan fingerprint density at radius 1 is 0.680 bits per heavy atom. The third-order valence-electron chi connectivity index (χ3n) is 5.06. The van der Waals surface area contributed by atoms with Crippen molar-refractivity contribution in [2.75, 3.05) is 0 Å². The van der Waals surface area contributed by atoms with Crippen molar-refractivity contribution in [2.45, 2.75) is 26.7 Å². The van der Waals surface area contributed by atoms with Crippen molar-refractivity contribution in [3.05, 3.63) is 83.4 Å². The molecule has 2 heteroatoms. The van der Waals surface area contributed by atoms with E-state index in [0.29, 0.717) is 5.56 Å². The molecule has 126 valence electrons. The van der Waals surface area contributed by atoms with Crippen LogP contribution in [-0.2, 0) is 0 Å². The Kier molecular flexibility index (Phi) is 3.54. The summed E-state index contributed by atoms with van der Waals surface area (Å²) >= 11 is 0. The van der Waals surface area contributed by atoms with Crippen molar-refractivity contribution in [1.82, 2.24) is 0 Å². The van der Waals surface area contributed by atoms with E-state index in [-0.39, 0.29) is 11.3 Å². The van der Waals surface area contributed by atoms with Gasteiger partial charge in [-0.25, -0.2) is 8.78 Å². The molecule has 0 spiro atoms. The maximum absolute atomic E-state index is 15.0. The van der Waals surface area contributed by atoms with Crippen LogP contribution in [0.4, 0.5) is 8.78 Å². The lowest BCUT2D eigenvalue weighted by molar-refractivity contribution is 0.358. The van der Waals surface area contributed by atoms with Gasteiger partial charge in [0.15, 0.2) is 11.6 Å². The Bertz CT molecular complexity index is 964. The lowest BCUT2D eigenvalue weighted by Crippen LogP contribution is -2.20. The van der Waals surface area contributed by atoms with Gasteiger partial charge in [0.25, 0.3) is 0 Å². The largest absolute Gasteiger partial charge is 0.204 e. The Hall–Kier alpha value is -2.48. The number of hydrogen-bond acceptors (Lipinski definition) is 0. The first-order valence-electron chi connectivity index (χ1n) is 8.56. The van der Waals surface area contributed by atoms with Crippen LogP contribution in [0, 0.1) is 17.0 Å². The smallest absolute Gasteiger partial charge is 0.166 e. The number of benzene rings is 3. The van der Waals surface area contributed by atoms with Crippen LogP contribution in [0.5, 0.6) is 0 Å². The van der Waals surface area contributed by atoms with E-state index in [0.717, 1.165) is 27.8 Å². The molecular weight excluding hydrogens is 314 g/mol. The van der Waals surface area contributed by atoms with E-state index >= 15 is 0 Å². The molecule has 0 aromatic heterocycles. The lowest BCUT2D eigenvalue weighted by Gasteiger charge is -2.33. The molecule has 1 unspecified atom stereocenters. The molecule has 0 heterocycles. The predicted molar refractivity (Wildman–Crippen MR) is 98.5 cm³/mol. The van der Waals surface area contributed by atoms with Gasteiger partial charge in [0.2, 0.25) is 0 Å². The van der Waals surface area contributed by atoms with Crippen LogP contribution in [-0.4, -0.2) is 0 Å². The van der Waals surface area contributed by atoms with Crippen LogP contribution in [0.2, 0.25) is 0 Å². The van der Waals surface area contributed by atoms with E-state index in [9.17, 15) is 8.78 Å². The number of fused-ring (bicyclic) bond motifs is 5. The van der Waals surface area contributed by atoms with Crippen molar-refractivity contribution in [3.63, 3.8) is 0 Å². The predicted octanol–water partition coefficient (Wildman–Crippen LogP) is 6.79. The molecule has 0 nitrogen and oxygen atoms in total. The summed E-state index contributed by atoms with van der Waals surface area (Å²) in [5.74, 6) is -1.58. The summed E-state index contributed by atoms with van der Waals surface area (Å²) in [6, 6.07) is 18.9. The van der Waals surface area contributed by atoms with Crippen LogP contribution in [0.15, 0.2) is 60.7 Å². The first-order chi connectivity index (χ1) is 11.9. The fourth-order valence-electron chi connectivity index (χ4n) is 4.11. The van der Waals surface area contributed by atoms with Gasteiger partial charge in [-0.2, -0.15) is 0 Å². The number of rotatable bonds is 0. The molecule has 0 aliphatic heterocycles. The zero-order chi connectivity index (χ0) is 17.8. The highest BCUT2D eigenvalue weighted by Crippen LogP contribution is 2.52. The van der Waals surface area contributed by atoms with E-state index in [1.54, 1.807) is 6.07 Å². The topological polar surface area (TPSA) is 0 Å². The van der Waals surface area contributed by atoms with Gasteiger partial charge in [0.05, 0.1) is 0 Å². The normalized spacial score (nSPS) is 15.8. The number of halogens is 2. The van der Waals surface area contributed by atoms with Crippen LogP contribution in [0.3, 0.4) is 0 Å². The van der Waals surface area contributed by atoms with Crippen LogP contribution < -0.4 is 0 Å². The second-order valence-electron chi connectivity index (χ2n) is 7.76. The SMILES string of the molecule is CC(C)(C)C1c2ccccc2-c2ccccc2-c2c1ccc(F)c2F. The summed E-state index contributed by atoms with van der Waals surface area (Å²) in [6.07, 6.45) is 0. The van der Waals surface area contributed by atoms with Crippen LogP contribution in [0.25, 0.3) is 22.3 Å². The molecular formula is C23H20F2. The maximum Gasteiger partial charge on any atom is 0.166 e. The second kappa shape index (κ2) is 5.52. The van der Waals surface area contributed by atoms with Gasteiger partial charge in [-0.3, -0.25) is 0 Å². The summed E-state index contributed by atoms with van der Waals surface area (Å²) in [5.41, 5.74) is 5.07. The Morgan fingerprint density at radius 2 is 1.28 bits per heavy atom. The lowest BCUT2D eigenvalue weighted by atomic mass is 9.71. The molecule has 25 heavy (non-hydrogen) atoms. The van der Waals surface area contributed by atoms with Gasteiger partial charge in [-0.1, -0.05) is 75.4 Å². The minimum absolute atomic E-state index is 0.0267. The fourth-order valence-corrected chi connectivity index (χ4v) is 4.11. The van der Waals surface area contributed by atoms with E-state index < -0.39 is 11.6 Å². The van der Waals surface area contributed by atoms with Crippen molar-refractivity contribution < 1.29 is 8.78 Å². The Labute approximate surface area is 147 Å². The molecule has 0 radical (unpaired) electrons. The van der Waals surface area contributed by atoms with E-state index in [1.165, 1.54) is 6.07 Å². The Balaban J connectivity index is 2.21. The zero-order valence-electron chi connectivity index (χ0n) is 14.6. The van der Waals surface area contributed by atoms with E-state index in [4.69, 9.17) is 0 Å². The molecule has 0 saturated heterocycles. The third kappa shape index (κ3) is 2.39. The average molecular weight is 334 g/mol. The highest BCUT2D eigenvalue weighted by atomic mass is 19.2. The number of hydrogen-bond donors (Lipinski definition) is 0. The first-order valence-corrected chi connectivity index (χ1v) is 8.56. The van der Waals surface area contributed by atoms with Crippen molar-refractivity contribution >= 4 is 0 Å². The van der Waals surface area contributed by atoms with E-state index in [1.807, 2.05) is 36.4 Å². The molecule has 1 aliphatic carbocycles. The third-order valence-corrected chi connectivity index (χ3v) is 5.06. The highest BCUT2D eigenvalue weighted by Gasteiger charge is 2.36. The molecule has 1 atom stereocenters. The molecule has 0 fully saturated rings. The Morgan fingerprint density at radius 3 is 1.96 bits per heavy atom. The molecule has 4 rings (SSSR count). The molecule has 3 aromatic carbocycles. The first kappa shape index (κ1) is 16.0. The van der Waals surface area contributed by atoms with Gasteiger partial charge in [-0.05, 0) is 39.3 Å². The van der Waals surface area contributed by atoms with Gasteiger partial charge in [-0.15, -0.1) is 0 Å².